The molecule has 0 spiro atoms. The van der Waals surface area contributed by atoms with E-state index in [0.29, 0.717) is 5.92 Å². The van der Waals surface area contributed by atoms with Crippen LogP contribution in [0.4, 0.5) is 5.69 Å². The van der Waals surface area contributed by atoms with Gasteiger partial charge in [-0.25, -0.2) is 0 Å². The maximum atomic E-state index is 11.9. The van der Waals surface area contributed by atoms with Crippen LogP contribution in [0.2, 0.25) is 0 Å². The summed E-state index contributed by atoms with van der Waals surface area (Å²) in [5.74, 6) is 1.64. The molecule has 1 saturated carbocycles. The molecule has 1 aromatic rings. The summed E-state index contributed by atoms with van der Waals surface area (Å²) in [5, 5.41) is 2.95. The molecule has 0 bridgehead atoms. The second kappa shape index (κ2) is 9.66. The molecule has 24 heavy (non-hydrogen) atoms. The Labute approximate surface area is 147 Å². The summed E-state index contributed by atoms with van der Waals surface area (Å²) in [6, 6.07) is 8.48. The van der Waals surface area contributed by atoms with Gasteiger partial charge in [0.25, 0.3) is 5.91 Å². The maximum Gasteiger partial charge on any atom is 0.250 e. The van der Waals surface area contributed by atoms with Crippen LogP contribution in [-0.2, 0) is 4.79 Å². The molecule has 0 unspecified atom stereocenters. The highest BCUT2D eigenvalue weighted by atomic mass is 16.1. The van der Waals surface area contributed by atoms with Crippen LogP contribution in [0.1, 0.15) is 83.6 Å². The minimum absolute atomic E-state index is 0.0159. The lowest BCUT2D eigenvalue weighted by molar-refractivity contribution is -0.112. The number of hydrogen-bond acceptors (Lipinski definition) is 1. The summed E-state index contributed by atoms with van der Waals surface area (Å²) in [6.45, 7) is 6.00. The smallest absolute Gasteiger partial charge is 0.250 e. The Bertz CT molecular complexity index is 536. The average molecular weight is 328 g/mol. The first-order valence-corrected chi connectivity index (χ1v) is 9.68. The lowest BCUT2D eigenvalue weighted by Gasteiger charge is -2.29. The van der Waals surface area contributed by atoms with Crippen LogP contribution in [0, 0.1) is 5.92 Å². The van der Waals surface area contributed by atoms with Gasteiger partial charge in [0.1, 0.15) is 0 Å². The average Bonchev–Trinajstić information content (AvgIpc) is 2.62. The van der Waals surface area contributed by atoms with Crippen molar-refractivity contribution in [3.63, 3.8) is 0 Å². The van der Waals surface area contributed by atoms with Gasteiger partial charge in [-0.1, -0.05) is 50.8 Å². The molecule has 1 aromatic carbocycles. The van der Waals surface area contributed by atoms with Gasteiger partial charge in [-0.3, -0.25) is 4.79 Å². The number of anilines is 1. The maximum absolute atomic E-state index is 11.9. The van der Waals surface area contributed by atoms with Gasteiger partial charge in [-0.2, -0.15) is 0 Å². The van der Waals surface area contributed by atoms with Crippen LogP contribution >= 0.6 is 0 Å². The number of amides is 1. The highest BCUT2D eigenvalue weighted by Gasteiger charge is 2.22. The fourth-order valence-corrected chi connectivity index (χ4v) is 3.67. The molecule has 0 radical (unpaired) electrons. The number of allylic oxidation sites excluding steroid dienone is 1. The number of benzene rings is 1. The summed E-state index contributed by atoms with van der Waals surface area (Å²) in [7, 11) is 0. The Hall–Kier alpha value is -1.57. The molecule has 0 aliphatic heterocycles. The molecule has 2 rings (SSSR count). The highest BCUT2D eigenvalue weighted by Crippen LogP contribution is 2.38. The van der Waals surface area contributed by atoms with Gasteiger partial charge in [0.15, 0.2) is 0 Å². The Morgan fingerprint density at radius 2 is 1.79 bits per heavy atom. The number of carbonyl (C=O) groups is 1. The van der Waals surface area contributed by atoms with Crippen molar-refractivity contribution in [3.05, 3.63) is 41.5 Å². The molecule has 0 saturated heterocycles. The quantitative estimate of drug-likeness (QED) is 0.453. The van der Waals surface area contributed by atoms with Crippen molar-refractivity contribution in [2.45, 2.75) is 78.1 Å². The zero-order chi connectivity index (χ0) is 17.4. The number of rotatable bonds is 7. The van der Waals surface area contributed by atoms with E-state index in [-0.39, 0.29) is 5.91 Å². The summed E-state index contributed by atoms with van der Waals surface area (Å²) < 4.78 is 0. The normalized spacial score (nSPS) is 21.5. The lowest BCUT2D eigenvalue weighted by Crippen LogP contribution is -2.14. The Morgan fingerprint density at radius 1 is 1.12 bits per heavy atom. The van der Waals surface area contributed by atoms with E-state index in [4.69, 9.17) is 0 Å². The molecule has 0 aromatic heterocycles. The van der Waals surface area contributed by atoms with E-state index in [1.54, 1.807) is 0 Å². The number of carbonyl (C=O) groups excluding carboxylic acids is 1. The van der Waals surface area contributed by atoms with Gasteiger partial charge >= 0.3 is 0 Å². The van der Waals surface area contributed by atoms with Crippen LogP contribution < -0.4 is 5.32 Å². The van der Waals surface area contributed by atoms with Crippen molar-refractivity contribution >= 4 is 11.6 Å². The van der Waals surface area contributed by atoms with Crippen molar-refractivity contribution in [3.8, 4) is 0 Å². The molecule has 1 fully saturated rings. The summed E-state index contributed by atoms with van der Waals surface area (Å²) in [5.41, 5.74) is 3.07. The van der Waals surface area contributed by atoms with Crippen LogP contribution in [0.5, 0.6) is 0 Å². The molecule has 132 valence electrons. The van der Waals surface area contributed by atoms with E-state index in [0.717, 1.165) is 17.2 Å². The van der Waals surface area contributed by atoms with E-state index in [9.17, 15) is 4.79 Å². The molecule has 1 aliphatic rings. The monoisotopic (exact) mass is 327 g/mol. The molecule has 0 atom stereocenters. The third-order valence-corrected chi connectivity index (χ3v) is 5.49. The van der Waals surface area contributed by atoms with Crippen LogP contribution in [0.25, 0.3) is 0 Å². The van der Waals surface area contributed by atoms with Crippen molar-refractivity contribution in [1.82, 2.24) is 0 Å². The van der Waals surface area contributed by atoms with Gasteiger partial charge in [-0.15, -0.1) is 0 Å². The van der Waals surface area contributed by atoms with Crippen molar-refractivity contribution in [1.29, 1.82) is 0 Å². The lowest BCUT2D eigenvalue weighted by atomic mass is 9.77. The Kier molecular flexibility index (Phi) is 7.55. The SMILES string of the molecule is C/C=C(\C)C(=O)Nc1ccc(C2CCC(CCCCC)CC2)cc1. The van der Waals surface area contributed by atoms with Crippen molar-refractivity contribution < 1.29 is 4.79 Å². The zero-order valence-electron chi connectivity index (χ0n) is 15.6. The number of hydrogen-bond donors (Lipinski definition) is 1. The van der Waals surface area contributed by atoms with Crippen molar-refractivity contribution in [2.75, 3.05) is 5.32 Å². The molecule has 1 aliphatic carbocycles. The van der Waals surface area contributed by atoms with E-state index < -0.39 is 0 Å². The van der Waals surface area contributed by atoms with Gasteiger partial charge < -0.3 is 5.32 Å². The topological polar surface area (TPSA) is 29.1 Å². The third kappa shape index (κ3) is 5.51. The van der Waals surface area contributed by atoms with Gasteiger partial charge in [0.05, 0.1) is 0 Å². The molecule has 2 heteroatoms. The zero-order valence-corrected chi connectivity index (χ0v) is 15.6. The second-order valence-corrected chi connectivity index (χ2v) is 7.26. The second-order valence-electron chi connectivity index (χ2n) is 7.26. The van der Waals surface area contributed by atoms with Gasteiger partial charge in [0.2, 0.25) is 0 Å². The van der Waals surface area contributed by atoms with E-state index in [2.05, 4.69) is 24.4 Å². The highest BCUT2D eigenvalue weighted by molar-refractivity contribution is 6.03. The summed E-state index contributed by atoms with van der Waals surface area (Å²) in [6.07, 6.45) is 12.8. The molecule has 0 heterocycles. The minimum Gasteiger partial charge on any atom is -0.322 e. The van der Waals surface area contributed by atoms with E-state index in [1.807, 2.05) is 32.1 Å². The summed E-state index contributed by atoms with van der Waals surface area (Å²) in [4.78, 5) is 11.9. The first-order valence-electron chi connectivity index (χ1n) is 9.68. The van der Waals surface area contributed by atoms with Gasteiger partial charge in [-0.05, 0) is 69.1 Å². The molecular formula is C22H33NO. The Balaban J connectivity index is 1.83. The minimum atomic E-state index is -0.0159. The Morgan fingerprint density at radius 3 is 2.38 bits per heavy atom. The van der Waals surface area contributed by atoms with Crippen LogP contribution in [0.15, 0.2) is 35.9 Å². The largest absolute Gasteiger partial charge is 0.322 e. The van der Waals surface area contributed by atoms with Gasteiger partial charge in [0, 0.05) is 11.3 Å². The van der Waals surface area contributed by atoms with Crippen LogP contribution in [-0.4, -0.2) is 5.91 Å². The number of unbranched alkanes of at least 4 members (excludes halogenated alkanes) is 2. The first-order chi connectivity index (χ1) is 11.6. The molecule has 1 amide bonds. The standard InChI is InChI=1S/C22H33NO/c1-4-6-7-8-18-9-11-19(12-10-18)20-13-15-21(16-14-20)23-22(24)17(3)5-2/h5,13-16,18-19H,4,6-12H2,1-3H3,(H,23,24)/b17-5+. The molecule has 2 nitrogen and oxygen atoms in total. The number of nitrogens with one attached hydrogen (secondary N) is 1. The predicted octanol–water partition coefficient (Wildman–Crippen LogP) is 6.45. The third-order valence-electron chi connectivity index (χ3n) is 5.49. The summed E-state index contributed by atoms with van der Waals surface area (Å²) >= 11 is 0. The predicted molar refractivity (Wildman–Crippen MR) is 103 cm³/mol. The fraction of sp³-hybridized carbons (Fsp3) is 0.591. The van der Waals surface area contributed by atoms with E-state index >= 15 is 0 Å². The fourth-order valence-electron chi connectivity index (χ4n) is 3.67. The molecule has 1 N–H and O–H groups in total. The molecular weight excluding hydrogens is 294 g/mol. The van der Waals surface area contributed by atoms with Crippen LogP contribution in [0.3, 0.4) is 0 Å². The van der Waals surface area contributed by atoms with E-state index in [1.165, 1.54) is 56.9 Å². The first kappa shape index (κ1) is 18.8. The van der Waals surface area contributed by atoms with Crippen molar-refractivity contribution in [2.24, 2.45) is 5.92 Å².